The maximum absolute atomic E-state index is 13.1. The van der Waals surface area contributed by atoms with Gasteiger partial charge in [-0.25, -0.2) is 0 Å². The number of benzene rings is 2. The zero-order chi connectivity index (χ0) is 22.7. The number of imide groups is 1. The summed E-state index contributed by atoms with van der Waals surface area (Å²) < 4.78 is 0. The molecule has 3 aromatic rings. The first kappa shape index (κ1) is 19.8. The first-order valence-electron chi connectivity index (χ1n) is 11.3. The zero-order valence-corrected chi connectivity index (χ0v) is 18.3. The molecule has 0 radical (unpaired) electrons. The second kappa shape index (κ2) is 7.34. The lowest BCUT2D eigenvalue weighted by molar-refractivity contribution is -0.123. The number of fused-ring (bicyclic) bond motifs is 6. The van der Waals surface area contributed by atoms with Crippen LogP contribution in [0.3, 0.4) is 0 Å². The molecule has 2 heterocycles. The van der Waals surface area contributed by atoms with Crippen molar-refractivity contribution in [3.8, 4) is 0 Å². The van der Waals surface area contributed by atoms with Crippen molar-refractivity contribution in [2.75, 3.05) is 4.90 Å². The fourth-order valence-electron chi connectivity index (χ4n) is 5.67. The number of hydrogen-bond acceptors (Lipinski definition) is 4. The number of anilines is 1. The lowest BCUT2D eigenvalue weighted by Crippen LogP contribution is -2.32. The van der Waals surface area contributed by atoms with E-state index in [2.05, 4.69) is 23.7 Å². The van der Waals surface area contributed by atoms with Crippen molar-refractivity contribution in [3.63, 3.8) is 0 Å². The molecule has 2 aliphatic carbocycles. The highest BCUT2D eigenvalue weighted by atomic mass is 16.2. The molecular weight excluding hydrogens is 410 g/mol. The van der Waals surface area contributed by atoms with Crippen LogP contribution >= 0.6 is 0 Å². The Morgan fingerprint density at radius 2 is 1.73 bits per heavy atom. The third-order valence-electron chi connectivity index (χ3n) is 7.29. The molecule has 4 unspecified atom stereocenters. The van der Waals surface area contributed by atoms with E-state index in [9.17, 15) is 9.59 Å². The van der Waals surface area contributed by atoms with Gasteiger partial charge in [0.15, 0.2) is 0 Å². The number of nitrogens with zero attached hydrogens (tertiary/aromatic N) is 3. The predicted octanol–water partition coefficient (Wildman–Crippen LogP) is 5.33. The summed E-state index contributed by atoms with van der Waals surface area (Å²) in [7, 11) is 0. The molecule has 2 aromatic carbocycles. The SMILES string of the molecule is C=Cc1ccc2cccnc2c1N=C(C)c1ccc(N2C(=O)C3C4C=CC(C4)C3C2=O)cc1. The predicted molar refractivity (Wildman–Crippen MR) is 130 cm³/mol. The Morgan fingerprint density at radius 1 is 1.03 bits per heavy atom. The molecule has 2 amide bonds. The monoisotopic (exact) mass is 433 g/mol. The quantitative estimate of drug-likeness (QED) is 0.317. The van der Waals surface area contributed by atoms with Gasteiger partial charge in [0, 0.05) is 22.9 Å². The summed E-state index contributed by atoms with van der Waals surface area (Å²) in [6, 6.07) is 15.5. The van der Waals surface area contributed by atoms with E-state index in [1.54, 1.807) is 12.3 Å². The number of carbonyl (C=O) groups excluding carboxylic acids is 2. The maximum atomic E-state index is 13.1. The summed E-state index contributed by atoms with van der Waals surface area (Å²) in [6.45, 7) is 5.86. The molecule has 0 N–H and O–H groups in total. The average molecular weight is 434 g/mol. The number of aliphatic imine (C=N–C) groups is 1. The standard InChI is InChI=1S/C28H23N3O2/c1-3-17-6-7-19-5-4-14-29-25(19)26(17)30-16(2)18-10-12-22(13-11-18)31-27(32)23-20-8-9-21(15-20)24(23)28(31)33/h3-14,20-21,23-24H,1,15H2,2H3. The van der Waals surface area contributed by atoms with Crippen molar-refractivity contribution in [1.29, 1.82) is 0 Å². The van der Waals surface area contributed by atoms with Crippen LogP contribution < -0.4 is 4.90 Å². The van der Waals surface area contributed by atoms with Gasteiger partial charge in [0.2, 0.25) is 11.8 Å². The van der Waals surface area contributed by atoms with Crippen LogP contribution in [0.5, 0.6) is 0 Å². The Balaban J connectivity index is 1.32. The highest BCUT2D eigenvalue weighted by Gasteiger charge is 2.59. The first-order chi connectivity index (χ1) is 16.1. The van der Waals surface area contributed by atoms with Gasteiger partial charge in [-0.2, -0.15) is 0 Å². The smallest absolute Gasteiger partial charge is 0.238 e. The summed E-state index contributed by atoms with van der Waals surface area (Å²) in [4.78, 5) is 36.9. The molecule has 1 saturated carbocycles. The highest BCUT2D eigenvalue weighted by Crippen LogP contribution is 2.53. The van der Waals surface area contributed by atoms with Crippen molar-refractivity contribution in [3.05, 3.63) is 84.6 Å². The molecule has 4 atom stereocenters. The van der Waals surface area contributed by atoms with Gasteiger partial charge in [-0.05, 0) is 48.9 Å². The molecule has 3 aliphatic rings. The van der Waals surface area contributed by atoms with Crippen LogP contribution in [0.25, 0.3) is 17.0 Å². The minimum atomic E-state index is -0.188. The second-order valence-electron chi connectivity index (χ2n) is 9.04. The van der Waals surface area contributed by atoms with E-state index in [-0.39, 0.29) is 35.5 Å². The van der Waals surface area contributed by atoms with E-state index >= 15 is 0 Å². The average Bonchev–Trinajstić information content (AvgIpc) is 3.53. The number of carbonyl (C=O) groups is 2. The molecule has 2 bridgehead atoms. The molecule has 0 spiro atoms. The third kappa shape index (κ3) is 2.92. The van der Waals surface area contributed by atoms with Crippen LogP contribution in [0.4, 0.5) is 11.4 Å². The first-order valence-corrected chi connectivity index (χ1v) is 11.3. The molecule has 6 rings (SSSR count). The molecule has 1 aliphatic heterocycles. The van der Waals surface area contributed by atoms with Crippen LogP contribution in [0.2, 0.25) is 0 Å². The van der Waals surface area contributed by atoms with Crippen molar-refractivity contribution in [1.82, 2.24) is 4.98 Å². The number of allylic oxidation sites excluding steroid dienone is 2. The number of amides is 2. The van der Waals surface area contributed by atoms with Crippen molar-refractivity contribution >= 4 is 45.9 Å². The van der Waals surface area contributed by atoms with Crippen LogP contribution in [-0.2, 0) is 9.59 Å². The van der Waals surface area contributed by atoms with E-state index in [4.69, 9.17) is 4.99 Å². The van der Waals surface area contributed by atoms with Gasteiger partial charge >= 0.3 is 0 Å². The van der Waals surface area contributed by atoms with Crippen molar-refractivity contribution in [2.24, 2.45) is 28.7 Å². The number of pyridine rings is 1. The van der Waals surface area contributed by atoms with Crippen molar-refractivity contribution < 1.29 is 9.59 Å². The van der Waals surface area contributed by atoms with E-state index in [1.165, 1.54) is 4.90 Å². The molecule has 5 heteroatoms. The Hall–Kier alpha value is -3.86. The minimum Gasteiger partial charge on any atom is -0.274 e. The van der Waals surface area contributed by atoms with Gasteiger partial charge in [0.05, 0.1) is 28.7 Å². The molecule has 162 valence electrons. The minimum absolute atomic E-state index is 0.0579. The largest absolute Gasteiger partial charge is 0.274 e. The number of rotatable bonds is 4. The van der Waals surface area contributed by atoms with Crippen LogP contribution in [0, 0.1) is 23.7 Å². The summed E-state index contributed by atoms with van der Waals surface area (Å²) in [6.07, 6.45) is 8.71. The molecule has 2 fully saturated rings. The second-order valence-corrected chi connectivity index (χ2v) is 9.04. The summed E-state index contributed by atoms with van der Waals surface area (Å²) >= 11 is 0. The molecular formula is C28H23N3O2. The van der Waals surface area contributed by atoms with Crippen molar-refractivity contribution in [2.45, 2.75) is 13.3 Å². The van der Waals surface area contributed by atoms with Crippen LogP contribution in [0.15, 0.2) is 78.5 Å². The lowest BCUT2D eigenvalue weighted by Gasteiger charge is -2.17. The van der Waals surface area contributed by atoms with Crippen LogP contribution in [-0.4, -0.2) is 22.5 Å². The Bertz CT molecular complexity index is 1360. The highest BCUT2D eigenvalue weighted by molar-refractivity contribution is 6.23. The molecule has 33 heavy (non-hydrogen) atoms. The number of hydrogen-bond donors (Lipinski definition) is 0. The molecule has 5 nitrogen and oxygen atoms in total. The van der Waals surface area contributed by atoms with E-state index in [1.807, 2.05) is 55.5 Å². The molecule has 1 aromatic heterocycles. The summed E-state index contributed by atoms with van der Waals surface area (Å²) in [5.74, 6) is -0.0693. The summed E-state index contributed by atoms with van der Waals surface area (Å²) in [5.41, 5.74) is 4.90. The fourth-order valence-corrected chi connectivity index (χ4v) is 5.67. The van der Waals surface area contributed by atoms with Gasteiger partial charge in [0.1, 0.15) is 0 Å². The topological polar surface area (TPSA) is 62.6 Å². The Labute approximate surface area is 192 Å². The van der Waals surface area contributed by atoms with E-state index < -0.39 is 0 Å². The Morgan fingerprint density at radius 3 is 2.39 bits per heavy atom. The van der Waals surface area contributed by atoms with E-state index in [0.717, 1.165) is 39.8 Å². The Kier molecular flexibility index (Phi) is 4.40. The van der Waals surface area contributed by atoms with E-state index in [0.29, 0.717) is 5.69 Å². The lowest BCUT2D eigenvalue weighted by atomic mass is 9.85. The van der Waals surface area contributed by atoms with Gasteiger partial charge in [-0.1, -0.05) is 55.1 Å². The summed E-state index contributed by atoms with van der Waals surface area (Å²) in [5, 5.41) is 1.02. The van der Waals surface area contributed by atoms with Crippen LogP contribution in [0.1, 0.15) is 24.5 Å². The maximum Gasteiger partial charge on any atom is 0.238 e. The van der Waals surface area contributed by atoms with Gasteiger partial charge in [0.25, 0.3) is 0 Å². The normalized spacial score (nSPS) is 25.8. The van der Waals surface area contributed by atoms with Gasteiger partial charge in [-0.3, -0.25) is 24.5 Å². The zero-order valence-electron chi connectivity index (χ0n) is 18.3. The number of aromatic nitrogens is 1. The van der Waals surface area contributed by atoms with Gasteiger partial charge in [-0.15, -0.1) is 0 Å². The fraction of sp³-hybridized carbons (Fsp3) is 0.214. The molecule has 1 saturated heterocycles. The third-order valence-corrected chi connectivity index (χ3v) is 7.29. The van der Waals surface area contributed by atoms with Gasteiger partial charge < -0.3 is 0 Å².